The lowest BCUT2D eigenvalue weighted by Gasteiger charge is -2.13. The molecule has 0 saturated heterocycles. The highest BCUT2D eigenvalue weighted by molar-refractivity contribution is 6.36. The number of hydrogen-bond donors (Lipinski definition) is 1. The molecule has 0 fully saturated rings. The first-order valence-corrected chi connectivity index (χ1v) is 9.69. The average molecular weight is 484 g/mol. The lowest BCUT2D eigenvalue weighted by Crippen LogP contribution is -2.12. The van der Waals surface area contributed by atoms with Crippen LogP contribution < -0.4 is 0 Å². The molecule has 5 nitrogen and oxygen atoms in total. The molecule has 0 aliphatic rings. The van der Waals surface area contributed by atoms with Crippen molar-refractivity contribution in [2.75, 3.05) is 0 Å². The number of carboxylic acids is 1. The van der Waals surface area contributed by atoms with Gasteiger partial charge in [0.1, 0.15) is 5.82 Å². The number of hydrogen-bond acceptors (Lipinski definition) is 3. The molecular formula is C21H11Cl2F4N3O2. The van der Waals surface area contributed by atoms with E-state index in [0.717, 1.165) is 28.9 Å². The summed E-state index contributed by atoms with van der Waals surface area (Å²) in [5.41, 5.74) is -1.64. The quantitative estimate of drug-likeness (QED) is 0.264. The van der Waals surface area contributed by atoms with Crippen LogP contribution in [0.5, 0.6) is 0 Å². The molecule has 0 unspecified atom stereocenters. The second-order valence-electron chi connectivity index (χ2n) is 6.82. The second-order valence-corrected chi connectivity index (χ2v) is 7.63. The van der Waals surface area contributed by atoms with Gasteiger partial charge in [-0.1, -0.05) is 35.3 Å². The molecule has 0 aliphatic carbocycles. The monoisotopic (exact) mass is 483 g/mol. The highest BCUT2D eigenvalue weighted by Crippen LogP contribution is 2.37. The fourth-order valence-corrected chi connectivity index (χ4v) is 3.86. The van der Waals surface area contributed by atoms with Gasteiger partial charge in [-0.15, -0.1) is 0 Å². The molecule has 164 valence electrons. The van der Waals surface area contributed by atoms with Crippen molar-refractivity contribution in [2.24, 2.45) is 0 Å². The highest BCUT2D eigenvalue weighted by atomic mass is 35.5. The number of pyridine rings is 1. The molecule has 2 aromatic carbocycles. The largest absolute Gasteiger partial charge is 0.478 e. The number of carbonyl (C=O) groups is 1. The lowest BCUT2D eigenvalue weighted by molar-refractivity contribution is -0.137. The Labute approximate surface area is 187 Å². The zero-order valence-corrected chi connectivity index (χ0v) is 17.5. The first kappa shape index (κ1) is 22.0. The highest BCUT2D eigenvalue weighted by Gasteiger charge is 2.35. The van der Waals surface area contributed by atoms with E-state index in [1.165, 1.54) is 25.1 Å². The minimum absolute atomic E-state index is 0.0157. The number of aromatic nitrogens is 3. The van der Waals surface area contributed by atoms with Crippen LogP contribution in [0.4, 0.5) is 17.6 Å². The normalized spacial score (nSPS) is 11.8. The zero-order valence-electron chi connectivity index (χ0n) is 16.0. The third-order valence-corrected chi connectivity index (χ3v) is 5.37. The summed E-state index contributed by atoms with van der Waals surface area (Å²) >= 11 is 11.9. The van der Waals surface area contributed by atoms with E-state index in [4.69, 9.17) is 23.2 Å². The number of nitrogens with zero attached hydrogens (tertiary/aromatic N) is 3. The van der Waals surface area contributed by atoms with Gasteiger partial charge in [-0.25, -0.2) is 18.9 Å². The maximum Gasteiger partial charge on any atom is 0.418 e. The number of rotatable bonds is 3. The number of alkyl halides is 3. The molecule has 0 bridgehead atoms. The Kier molecular flexibility index (Phi) is 5.34. The van der Waals surface area contributed by atoms with E-state index in [1.54, 1.807) is 0 Å². The molecule has 4 rings (SSSR count). The number of benzene rings is 2. The Bertz CT molecular complexity index is 1400. The van der Waals surface area contributed by atoms with E-state index in [1.807, 2.05) is 0 Å². The summed E-state index contributed by atoms with van der Waals surface area (Å²) in [6, 6.07) is 7.95. The maximum absolute atomic E-state index is 14.1. The Morgan fingerprint density at radius 2 is 1.78 bits per heavy atom. The number of aryl methyl sites for hydroxylation is 1. The van der Waals surface area contributed by atoms with Crippen LogP contribution in [-0.2, 0) is 6.18 Å². The van der Waals surface area contributed by atoms with Gasteiger partial charge in [-0.2, -0.15) is 18.3 Å². The fourth-order valence-electron chi connectivity index (χ4n) is 3.38. The van der Waals surface area contributed by atoms with Crippen molar-refractivity contribution in [3.8, 4) is 16.9 Å². The van der Waals surface area contributed by atoms with Crippen molar-refractivity contribution >= 4 is 40.2 Å². The van der Waals surface area contributed by atoms with E-state index in [9.17, 15) is 27.5 Å². The molecule has 0 aliphatic heterocycles. The Hall–Kier alpha value is -3.17. The maximum atomic E-state index is 14.1. The van der Waals surface area contributed by atoms with Gasteiger partial charge in [0, 0.05) is 5.56 Å². The minimum atomic E-state index is -4.70. The molecular weight excluding hydrogens is 473 g/mol. The van der Waals surface area contributed by atoms with Crippen LogP contribution in [0.15, 0.2) is 42.5 Å². The van der Waals surface area contributed by atoms with Crippen molar-refractivity contribution in [2.45, 2.75) is 13.1 Å². The van der Waals surface area contributed by atoms with Crippen LogP contribution in [-0.4, -0.2) is 25.8 Å². The number of carboxylic acid groups (broad SMARTS) is 1. The predicted molar refractivity (Wildman–Crippen MR) is 111 cm³/mol. The standard InChI is InChI=1S/C21H11Cl2F4N3O2/c1-9-18-11(20(31)32)7-16(10-6-15(24)14(23)8-13(10)22)28-19(18)30(29-9)17-5-3-2-4-12(17)21(25,26)27/h2-8H,1H3,(H,31,32). The van der Waals surface area contributed by atoms with Crippen LogP contribution in [0.3, 0.4) is 0 Å². The number of aromatic carboxylic acids is 1. The fraction of sp³-hybridized carbons (Fsp3) is 0.0952. The van der Waals surface area contributed by atoms with Gasteiger partial charge in [-0.3, -0.25) is 0 Å². The van der Waals surface area contributed by atoms with E-state index in [0.29, 0.717) is 0 Å². The summed E-state index contributed by atoms with van der Waals surface area (Å²) in [5.74, 6) is -2.19. The summed E-state index contributed by atoms with van der Waals surface area (Å²) in [5, 5.41) is 13.6. The van der Waals surface area contributed by atoms with Gasteiger partial charge < -0.3 is 5.11 Å². The topological polar surface area (TPSA) is 68.0 Å². The third-order valence-electron chi connectivity index (χ3n) is 4.77. The summed E-state index contributed by atoms with van der Waals surface area (Å²) in [4.78, 5) is 16.3. The molecule has 0 saturated carbocycles. The van der Waals surface area contributed by atoms with Crippen LogP contribution in [0.25, 0.3) is 28.0 Å². The Balaban J connectivity index is 2.10. The summed E-state index contributed by atoms with van der Waals surface area (Å²) in [6.45, 7) is 1.46. The zero-order chi connectivity index (χ0) is 23.4. The van der Waals surface area contributed by atoms with Crippen LogP contribution in [0.1, 0.15) is 21.6 Å². The van der Waals surface area contributed by atoms with Crippen molar-refractivity contribution in [3.63, 3.8) is 0 Å². The molecule has 0 atom stereocenters. The van der Waals surface area contributed by atoms with E-state index >= 15 is 0 Å². The molecule has 2 heterocycles. The molecule has 0 spiro atoms. The molecule has 1 N–H and O–H groups in total. The van der Waals surface area contributed by atoms with Crippen LogP contribution in [0.2, 0.25) is 10.0 Å². The summed E-state index contributed by atoms with van der Waals surface area (Å²) in [7, 11) is 0. The molecule has 2 aromatic heterocycles. The van der Waals surface area contributed by atoms with Gasteiger partial charge in [0.05, 0.1) is 43.6 Å². The number of fused-ring (bicyclic) bond motifs is 1. The number of para-hydroxylation sites is 1. The molecule has 32 heavy (non-hydrogen) atoms. The predicted octanol–water partition coefficient (Wildman–Crippen LogP) is 6.56. The van der Waals surface area contributed by atoms with Crippen LogP contribution >= 0.6 is 23.2 Å². The van der Waals surface area contributed by atoms with E-state index in [2.05, 4.69) is 10.1 Å². The first-order valence-electron chi connectivity index (χ1n) is 8.94. The average Bonchev–Trinajstić information content (AvgIpc) is 3.05. The molecule has 4 aromatic rings. The van der Waals surface area contributed by atoms with Gasteiger partial charge >= 0.3 is 12.1 Å². The van der Waals surface area contributed by atoms with Gasteiger partial charge in [0.25, 0.3) is 0 Å². The Morgan fingerprint density at radius 1 is 1.09 bits per heavy atom. The lowest BCUT2D eigenvalue weighted by atomic mass is 10.1. The Morgan fingerprint density at radius 3 is 2.44 bits per heavy atom. The molecule has 11 heteroatoms. The van der Waals surface area contributed by atoms with Crippen molar-refractivity contribution in [3.05, 3.63) is 75.1 Å². The second kappa shape index (κ2) is 7.75. The third kappa shape index (κ3) is 3.67. The van der Waals surface area contributed by atoms with Gasteiger partial charge in [0.15, 0.2) is 5.65 Å². The SMILES string of the molecule is Cc1nn(-c2ccccc2C(F)(F)F)c2nc(-c3cc(F)c(Cl)cc3Cl)cc(C(=O)O)c12. The van der Waals surface area contributed by atoms with Crippen molar-refractivity contribution < 1.29 is 27.5 Å². The van der Waals surface area contributed by atoms with Crippen LogP contribution in [0, 0.1) is 12.7 Å². The molecule has 0 amide bonds. The van der Waals surface area contributed by atoms with E-state index in [-0.39, 0.29) is 49.3 Å². The summed E-state index contributed by atoms with van der Waals surface area (Å²) < 4.78 is 55.8. The summed E-state index contributed by atoms with van der Waals surface area (Å²) in [6.07, 6.45) is -4.70. The smallest absolute Gasteiger partial charge is 0.418 e. The van der Waals surface area contributed by atoms with Gasteiger partial charge in [-0.05, 0) is 37.3 Å². The minimum Gasteiger partial charge on any atom is -0.478 e. The molecule has 0 radical (unpaired) electrons. The van der Waals surface area contributed by atoms with E-state index < -0.39 is 23.5 Å². The number of halogens is 6. The van der Waals surface area contributed by atoms with Crippen molar-refractivity contribution in [1.82, 2.24) is 14.8 Å². The first-order chi connectivity index (χ1) is 15.0. The van der Waals surface area contributed by atoms with Crippen molar-refractivity contribution in [1.29, 1.82) is 0 Å². The van der Waals surface area contributed by atoms with Gasteiger partial charge in [0.2, 0.25) is 0 Å².